The Morgan fingerprint density at radius 2 is 2.04 bits per heavy atom. The number of amides is 1. The zero-order valence-corrected chi connectivity index (χ0v) is 15.5. The molecule has 144 valence electrons. The van der Waals surface area contributed by atoms with Gasteiger partial charge in [-0.3, -0.25) is 4.79 Å². The molecule has 0 spiro atoms. The summed E-state index contributed by atoms with van der Waals surface area (Å²) in [5, 5.41) is 6.53. The third-order valence-electron chi connectivity index (χ3n) is 4.60. The van der Waals surface area contributed by atoms with Crippen molar-refractivity contribution in [3.8, 4) is 11.5 Å². The third kappa shape index (κ3) is 3.62. The fourth-order valence-corrected chi connectivity index (χ4v) is 4.44. The highest BCUT2D eigenvalue weighted by Crippen LogP contribution is 2.35. The molecule has 0 saturated carbocycles. The van der Waals surface area contributed by atoms with Crippen molar-refractivity contribution in [1.29, 1.82) is 0 Å². The van der Waals surface area contributed by atoms with Gasteiger partial charge < -0.3 is 19.3 Å². The summed E-state index contributed by atoms with van der Waals surface area (Å²) in [7, 11) is -3.37. The number of nitrogens with zero attached hydrogens (tertiary/aromatic N) is 2. The number of piperidine rings is 1. The first-order valence-electron chi connectivity index (χ1n) is 8.56. The number of hydrogen-bond acceptors (Lipinski definition) is 7. The van der Waals surface area contributed by atoms with Crippen LogP contribution in [0.15, 0.2) is 28.8 Å². The Bertz CT molecular complexity index is 971. The molecule has 9 nitrogen and oxygen atoms in total. The van der Waals surface area contributed by atoms with Crippen LogP contribution in [0, 0.1) is 0 Å². The summed E-state index contributed by atoms with van der Waals surface area (Å²) >= 11 is 0. The first kappa shape index (κ1) is 17.8. The second kappa shape index (κ2) is 6.86. The minimum Gasteiger partial charge on any atom is -0.454 e. The summed E-state index contributed by atoms with van der Waals surface area (Å²) in [4.78, 5) is 12.5. The molecule has 2 aromatic rings. The number of aromatic nitrogens is 1. The van der Waals surface area contributed by atoms with Crippen molar-refractivity contribution >= 4 is 21.6 Å². The number of hydrogen-bond donors (Lipinski definition) is 1. The molecule has 1 N–H and O–H groups in total. The summed E-state index contributed by atoms with van der Waals surface area (Å²) < 4.78 is 41.2. The van der Waals surface area contributed by atoms with E-state index in [1.54, 1.807) is 18.2 Å². The van der Waals surface area contributed by atoms with E-state index in [1.165, 1.54) is 16.6 Å². The van der Waals surface area contributed by atoms with Crippen LogP contribution in [-0.4, -0.2) is 43.4 Å². The van der Waals surface area contributed by atoms with E-state index in [0.29, 0.717) is 35.9 Å². The lowest BCUT2D eigenvalue weighted by Gasteiger charge is -2.31. The maximum atomic E-state index is 12.5. The molecule has 1 aromatic carbocycles. The SMILES string of the molecule is CS(=O)(=O)N1CCCCC1c1cc(C(=O)Nc2ccc3c(c2)OCO3)no1. The number of nitrogens with one attached hydrogen (secondary N) is 1. The summed E-state index contributed by atoms with van der Waals surface area (Å²) in [6.45, 7) is 0.584. The zero-order chi connectivity index (χ0) is 19.0. The van der Waals surface area contributed by atoms with Crippen molar-refractivity contribution < 1.29 is 27.2 Å². The van der Waals surface area contributed by atoms with Crippen molar-refractivity contribution in [1.82, 2.24) is 9.46 Å². The van der Waals surface area contributed by atoms with Crippen molar-refractivity contribution in [3.05, 3.63) is 35.7 Å². The number of ether oxygens (including phenoxy) is 2. The highest BCUT2D eigenvalue weighted by molar-refractivity contribution is 7.88. The van der Waals surface area contributed by atoms with Crippen molar-refractivity contribution in [2.75, 3.05) is 24.9 Å². The van der Waals surface area contributed by atoms with Crippen LogP contribution in [0.5, 0.6) is 11.5 Å². The monoisotopic (exact) mass is 393 g/mol. The Morgan fingerprint density at radius 3 is 2.85 bits per heavy atom. The second-order valence-electron chi connectivity index (χ2n) is 6.52. The summed E-state index contributed by atoms with van der Waals surface area (Å²) in [5.41, 5.74) is 0.617. The predicted molar refractivity (Wildman–Crippen MR) is 95.2 cm³/mol. The average Bonchev–Trinajstić information content (AvgIpc) is 3.30. The molecule has 1 aromatic heterocycles. The van der Waals surface area contributed by atoms with Crippen molar-refractivity contribution in [3.63, 3.8) is 0 Å². The van der Waals surface area contributed by atoms with Crippen LogP contribution in [-0.2, 0) is 10.0 Å². The fraction of sp³-hybridized carbons (Fsp3) is 0.412. The minimum atomic E-state index is -3.37. The summed E-state index contributed by atoms with van der Waals surface area (Å²) in [5.74, 6) is 1.09. The molecule has 1 unspecified atom stereocenters. The smallest absolute Gasteiger partial charge is 0.277 e. The van der Waals surface area contributed by atoms with Crippen LogP contribution in [0.2, 0.25) is 0 Å². The molecule has 0 aliphatic carbocycles. The molecule has 1 atom stereocenters. The first-order chi connectivity index (χ1) is 12.9. The lowest BCUT2D eigenvalue weighted by atomic mass is 10.0. The van der Waals surface area contributed by atoms with E-state index in [2.05, 4.69) is 10.5 Å². The summed E-state index contributed by atoms with van der Waals surface area (Å²) in [6.07, 6.45) is 3.49. The first-order valence-corrected chi connectivity index (χ1v) is 10.4. The van der Waals surface area contributed by atoms with Gasteiger partial charge >= 0.3 is 0 Å². The second-order valence-corrected chi connectivity index (χ2v) is 8.46. The number of rotatable bonds is 4. The van der Waals surface area contributed by atoms with Crippen molar-refractivity contribution in [2.24, 2.45) is 0 Å². The Hall–Kier alpha value is -2.59. The molecule has 2 aliphatic heterocycles. The lowest BCUT2D eigenvalue weighted by molar-refractivity contribution is 0.101. The number of sulfonamides is 1. The number of anilines is 1. The van der Waals surface area contributed by atoms with Crippen LogP contribution in [0.4, 0.5) is 5.69 Å². The highest BCUT2D eigenvalue weighted by Gasteiger charge is 2.33. The normalized spacial score (nSPS) is 19.8. The average molecular weight is 393 g/mol. The Morgan fingerprint density at radius 1 is 1.22 bits per heavy atom. The van der Waals surface area contributed by atoms with Crippen LogP contribution >= 0.6 is 0 Å². The molecule has 2 aliphatic rings. The van der Waals surface area contributed by atoms with E-state index in [0.717, 1.165) is 12.8 Å². The van der Waals surface area contributed by atoms with Gasteiger partial charge in [0.05, 0.1) is 12.3 Å². The van der Waals surface area contributed by atoms with Crippen LogP contribution in [0.1, 0.15) is 41.6 Å². The summed E-state index contributed by atoms with van der Waals surface area (Å²) in [6, 6.07) is 6.12. The molecule has 0 bridgehead atoms. The van der Waals surface area contributed by atoms with Gasteiger partial charge in [0, 0.05) is 24.4 Å². The van der Waals surface area contributed by atoms with E-state index < -0.39 is 22.0 Å². The number of carbonyl (C=O) groups excluding carboxylic acids is 1. The van der Waals surface area contributed by atoms with Gasteiger partial charge in [-0.05, 0) is 25.0 Å². The fourth-order valence-electron chi connectivity index (χ4n) is 3.31. The molecule has 27 heavy (non-hydrogen) atoms. The molecular formula is C17H19N3O6S. The lowest BCUT2D eigenvalue weighted by Crippen LogP contribution is -2.37. The largest absolute Gasteiger partial charge is 0.454 e. The number of benzene rings is 1. The van der Waals surface area contributed by atoms with Gasteiger partial charge in [0.15, 0.2) is 23.0 Å². The molecular weight excluding hydrogens is 374 g/mol. The molecule has 1 amide bonds. The van der Waals surface area contributed by atoms with Crippen LogP contribution in [0.25, 0.3) is 0 Å². The topological polar surface area (TPSA) is 111 Å². The van der Waals surface area contributed by atoms with E-state index in [9.17, 15) is 13.2 Å². The molecule has 10 heteroatoms. The Labute approximate surface area is 156 Å². The van der Waals surface area contributed by atoms with Gasteiger partial charge in [0.25, 0.3) is 5.91 Å². The molecule has 1 saturated heterocycles. The predicted octanol–water partition coefficient (Wildman–Crippen LogP) is 2.14. The molecule has 4 rings (SSSR count). The molecule has 3 heterocycles. The number of fused-ring (bicyclic) bond motifs is 1. The van der Waals surface area contributed by atoms with Gasteiger partial charge in [-0.2, -0.15) is 4.31 Å². The highest BCUT2D eigenvalue weighted by atomic mass is 32.2. The van der Waals surface area contributed by atoms with Crippen LogP contribution < -0.4 is 14.8 Å². The zero-order valence-electron chi connectivity index (χ0n) is 14.7. The maximum Gasteiger partial charge on any atom is 0.277 e. The van der Waals surface area contributed by atoms with E-state index in [-0.39, 0.29) is 12.5 Å². The van der Waals surface area contributed by atoms with E-state index in [1.807, 2.05) is 0 Å². The van der Waals surface area contributed by atoms with Gasteiger partial charge in [-0.15, -0.1) is 0 Å². The Balaban J connectivity index is 1.51. The maximum absolute atomic E-state index is 12.5. The molecule has 0 radical (unpaired) electrons. The Kier molecular flexibility index (Phi) is 4.52. The van der Waals surface area contributed by atoms with Gasteiger partial charge in [0.2, 0.25) is 16.8 Å². The van der Waals surface area contributed by atoms with Gasteiger partial charge in [-0.1, -0.05) is 11.6 Å². The quantitative estimate of drug-likeness (QED) is 0.847. The third-order valence-corrected chi connectivity index (χ3v) is 5.89. The van der Waals surface area contributed by atoms with Gasteiger partial charge in [-0.25, -0.2) is 8.42 Å². The van der Waals surface area contributed by atoms with Crippen LogP contribution in [0.3, 0.4) is 0 Å². The standard InChI is InChI=1S/C17H19N3O6S/c1-27(22,23)20-7-3-2-4-13(20)15-9-12(19-26-15)17(21)18-11-5-6-14-16(8-11)25-10-24-14/h5-6,8-9,13H,2-4,7,10H2,1H3,(H,18,21). The van der Waals surface area contributed by atoms with Crippen molar-refractivity contribution in [2.45, 2.75) is 25.3 Å². The van der Waals surface area contributed by atoms with Gasteiger partial charge in [0.1, 0.15) is 0 Å². The molecule has 1 fully saturated rings. The van der Waals surface area contributed by atoms with E-state index in [4.69, 9.17) is 14.0 Å². The minimum absolute atomic E-state index is 0.0849. The van der Waals surface area contributed by atoms with E-state index >= 15 is 0 Å². The number of carbonyl (C=O) groups is 1.